The van der Waals surface area contributed by atoms with Gasteiger partial charge in [-0.2, -0.15) is 0 Å². The summed E-state index contributed by atoms with van der Waals surface area (Å²) >= 11 is 0. The average Bonchev–Trinajstić information content (AvgIpc) is 3.02. The summed E-state index contributed by atoms with van der Waals surface area (Å²) in [4.78, 5) is 14.5. The number of hydrogen-bond acceptors (Lipinski definition) is 2. The molecule has 0 saturated carbocycles. The highest BCUT2D eigenvalue weighted by molar-refractivity contribution is 5.94. The molecule has 0 radical (unpaired) electrons. The molecule has 116 valence electrons. The van der Waals surface area contributed by atoms with Gasteiger partial charge in [-0.1, -0.05) is 12.1 Å². The summed E-state index contributed by atoms with van der Waals surface area (Å²) < 4.78 is 15.3. The van der Waals surface area contributed by atoms with Crippen LogP contribution in [0.4, 0.5) is 4.39 Å². The Morgan fingerprint density at radius 1 is 1.36 bits per heavy atom. The number of β-amino-alcohol motifs (C(OH)–C–C–N with tert-alkyl or cyclic N) is 1. The van der Waals surface area contributed by atoms with Gasteiger partial charge in [0.15, 0.2) is 0 Å². The van der Waals surface area contributed by atoms with Crippen LogP contribution in [0, 0.1) is 12.7 Å². The molecular formula is C17H19FN2O2. The summed E-state index contributed by atoms with van der Waals surface area (Å²) in [6.07, 6.45) is 1.68. The van der Waals surface area contributed by atoms with Crippen molar-refractivity contribution < 1.29 is 14.3 Å². The number of aliphatic hydroxyl groups is 1. The molecular weight excluding hydrogens is 283 g/mol. The van der Waals surface area contributed by atoms with E-state index in [1.807, 2.05) is 26.2 Å². The van der Waals surface area contributed by atoms with Gasteiger partial charge in [-0.3, -0.25) is 4.79 Å². The quantitative estimate of drug-likeness (QED) is 0.926. The van der Waals surface area contributed by atoms with Crippen molar-refractivity contribution in [2.45, 2.75) is 25.5 Å². The molecule has 1 aliphatic rings. The van der Waals surface area contributed by atoms with E-state index in [1.165, 1.54) is 12.1 Å². The van der Waals surface area contributed by atoms with Crippen LogP contribution in [-0.2, 0) is 7.05 Å². The van der Waals surface area contributed by atoms with Crippen molar-refractivity contribution in [2.24, 2.45) is 7.05 Å². The van der Waals surface area contributed by atoms with E-state index in [2.05, 4.69) is 0 Å². The third-order valence-electron chi connectivity index (χ3n) is 4.25. The second-order valence-corrected chi connectivity index (χ2v) is 5.88. The fourth-order valence-corrected chi connectivity index (χ4v) is 3.18. The lowest BCUT2D eigenvalue weighted by Gasteiger charge is -2.25. The average molecular weight is 302 g/mol. The largest absolute Gasteiger partial charge is 0.391 e. The van der Waals surface area contributed by atoms with Gasteiger partial charge in [-0.05, 0) is 42.7 Å². The zero-order chi connectivity index (χ0) is 15.9. The predicted octanol–water partition coefficient (Wildman–Crippen LogP) is 2.42. The van der Waals surface area contributed by atoms with Crippen LogP contribution in [0.5, 0.6) is 0 Å². The Balaban J connectivity index is 1.96. The molecule has 1 saturated heterocycles. The Labute approximate surface area is 128 Å². The Kier molecular flexibility index (Phi) is 3.74. The van der Waals surface area contributed by atoms with Crippen molar-refractivity contribution in [1.29, 1.82) is 0 Å². The molecule has 1 fully saturated rings. The van der Waals surface area contributed by atoms with Crippen molar-refractivity contribution in [3.63, 3.8) is 0 Å². The smallest absolute Gasteiger partial charge is 0.271 e. The van der Waals surface area contributed by atoms with Crippen LogP contribution >= 0.6 is 0 Å². The van der Waals surface area contributed by atoms with Gasteiger partial charge in [-0.15, -0.1) is 0 Å². The van der Waals surface area contributed by atoms with E-state index in [-0.39, 0.29) is 24.3 Å². The van der Waals surface area contributed by atoms with Gasteiger partial charge < -0.3 is 14.6 Å². The van der Waals surface area contributed by atoms with Crippen LogP contribution in [0.25, 0.3) is 0 Å². The van der Waals surface area contributed by atoms with Crippen LogP contribution in [0.3, 0.4) is 0 Å². The molecule has 1 aliphatic heterocycles. The molecule has 4 nitrogen and oxygen atoms in total. The topological polar surface area (TPSA) is 45.5 Å². The van der Waals surface area contributed by atoms with Gasteiger partial charge in [-0.25, -0.2) is 4.39 Å². The van der Waals surface area contributed by atoms with E-state index in [0.29, 0.717) is 12.1 Å². The fraction of sp³-hybridized carbons (Fsp3) is 0.353. The SMILES string of the molecule is Cc1ccn(C)c1C(=O)N1C[C@H](O)C[C@@H]1c1cccc(F)c1. The number of rotatable bonds is 2. The Hall–Kier alpha value is -2.14. The molecule has 1 aromatic carbocycles. The fourth-order valence-electron chi connectivity index (χ4n) is 3.18. The maximum absolute atomic E-state index is 13.5. The van der Waals surface area contributed by atoms with Crippen molar-refractivity contribution >= 4 is 5.91 Å². The lowest BCUT2D eigenvalue weighted by atomic mass is 10.0. The number of amides is 1. The zero-order valence-electron chi connectivity index (χ0n) is 12.7. The standard InChI is InChI=1S/C17H19FN2O2/c1-11-6-7-19(2)16(11)17(22)20-10-14(21)9-15(20)12-4-3-5-13(18)8-12/h3-8,14-15,21H,9-10H2,1-2H3/t14-,15-/m1/s1. The lowest BCUT2D eigenvalue weighted by molar-refractivity contribution is 0.0705. The molecule has 2 aromatic rings. The summed E-state index contributed by atoms with van der Waals surface area (Å²) in [7, 11) is 1.82. The van der Waals surface area contributed by atoms with E-state index in [9.17, 15) is 14.3 Å². The van der Waals surface area contributed by atoms with E-state index >= 15 is 0 Å². The summed E-state index contributed by atoms with van der Waals surface area (Å²) in [5, 5.41) is 9.99. The summed E-state index contributed by atoms with van der Waals surface area (Å²) in [5.41, 5.74) is 2.22. The molecule has 22 heavy (non-hydrogen) atoms. The first-order valence-electron chi connectivity index (χ1n) is 7.34. The minimum Gasteiger partial charge on any atom is -0.391 e. The normalized spacial score (nSPS) is 21.4. The maximum atomic E-state index is 13.5. The number of aromatic nitrogens is 1. The van der Waals surface area contributed by atoms with Crippen LogP contribution < -0.4 is 0 Å². The summed E-state index contributed by atoms with van der Waals surface area (Å²) in [6, 6.07) is 7.82. The molecule has 5 heteroatoms. The number of aliphatic hydroxyl groups excluding tert-OH is 1. The van der Waals surface area contributed by atoms with Crippen LogP contribution in [-0.4, -0.2) is 33.1 Å². The van der Waals surface area contributed by atoms with Crippen molar-refractivity contribution in [1.82, 2.24) is 9.47 Å². The number of carbonyl (C=O) groups excluding carboxylic acids is 1. The Morgan fingerprint density at radius 3 is 2.77 bits per heavy atom. The predicted molar refractivity (Wildman–Crippen MR) is 81.0 cm³/mol. The summed E-state index contributed by atoms with van der Waals surface area (Å²) in [5.74, 6) is -0.461. The minimum absolute atomic E-state index is 0.129. The highest BCUT2D eigenvalue weighted by Gasteiger charge is 2.37. The molecule has 0 unspecified atom stereocenters. The van der Waals surface area contributed by atoms with Gasteiger partial charge in [0.2, 0.25) is 0 Å². The zero-order valence-corrected chi connectivity index (χ0v) is 12.7. The Bertz CT molecular complexity index is 691. The monoisotopic (exact) mass is 302 g/mol. The number of nitrogens with zero attached hydrogens (tertiary/aromatic N) is 2. The van der Waals surface area contributed by atoms with E-state index < -0.39 is 6.10 Å². The second kappa shape index (κ2) is 5.57. The third kappa shape index (κ3) is 2.52. The first kappa shape index (κ1) is 14.8. The minimum atomic E-state index is -0.585. The lowest BCUT2D eigenvalue weighted by Crippen LogP contribution is -2.33. The van der Waals surface area contributed by atoms with Crippen LogP contribution in [0.1, 0.15) is 34.1 Å². The highest BCUT2D eigenvalue weighted by atomic mass is 19.1. The molecule has 1 aromatic heterocycles. The number of hydrogen-bond donors (Lipinski definition) is 1. The van der Waals surface area contributed by atoms with E-state index in [4.69, 9.17) is 0 Å². The third-order valence-corrected chi connectivity index (χ3v) is 4.25. The number of halogens is 1. The van der Waals surface area contributed by atoms with E-state index in [0.717, 1.165) is 11.1 Å². The molecule has 1 amide bonds. The molecule has 0 bridgehead atoms. The van der Waals surface area contributed by atoms with Gasteiger partial charge in [0.25, 0.3) is 5.91 Å². The second-order valence-electron chi connectivity index (χ2n) is 5.88. The molecule has 0 aliphatic carbocycles. The van der Waals surface area contributed by atoms with Gasteiger partial charge in [0, 0.05) is 19.8 Å². The number of benzene rings is 1. The van der Waals surface area contributed by atoms with Crippen molar-refractivity contribution in [3.05, 3.63) is 59.2 Å². The summed E-state index contributed by atoms with van der Waals surface area (Å²) in [6.45, 7) is 2.15. The first-order valence-corrected chi connectivity index (χ1v) is 7.34. The first-order chi connectivity index (χ1) is 10.5. The van der Waals surface area contributed by atoms with Gasteiger partial charge in [0.05, 0.1) is 12.1 Å². The van der Waals surface area contributed by atoms with Crippen molar-refractivity contribution in [2.75, 3.05) is 6.54 Å². The van der Waals surface area contributed by atoms with Crippen LogP contribution in [0.2, 0.25) is 0 Å². The molecule has 2 heterocycles. The highest BCUT2D eigenvalue weighted by Crippen LogP contribution is 2.34. The van der Waals surface area contributed by atoms with Gasteiger partial charge in [0.1, 0.15) is 11.5 Å². The Morgan fingerprint density at radius 2 is 2.14 bits per heavy atom. The molecule has 3 rings (SSSR count). The number of carbonyl (C=O) groups is 1. The maximum Gasteiger partial charge on any atom is 0.271 e. The number of aryl methyl sites for hydroxylation is 2. The van der Waals surface area contributed by atoms with Crippen molar-refractivity contribution in [3.8, 4) is 0 Å². The molecule has 1 N–H and O–H groups in total. The van der Waals surface area contributed by atoms with Gasteiger partial charge >= 0.3 is 0 Å². The molecule has 0 spiro atoms. The molecule has 2 atom stereocenters. The van der Waals surface area contributed by atoms with Crippen LogP contribution in [0.15, 0.2) is 36.5 Å². The van der Waals surface area contributed by atoms with E-state index in [1.54, 1.807) is 21.6 Å². The number of likely N-dealkylation sites (tertiary alicyclic amines) is 1.